The second-order valence-corrected chi connectivity index (χ2v) is 11.0. The summed E-state index contributed by atoms with van der Waals surface area (Å²) in [7, 11) is -1.60. The molecular formula is C28H29ClN4O4S. The van der Waals surface area contributed by atoms with Crippen LogP contribution in [0.3, 0.4) is 0 Å². The predicted octanol–water partition coefficient (Wildman–Crippen LogP) is 3.62. The first-order chi connectivity index (χ1) is 18.5. The van der Waals surface area contributed by atoms with Gasteiger partial charge in [-0.05, 0) is 61.0 Å². The predicted molar refractivity (Wildman–Crippen MR) is 147 cm³/mol. The van der Waals surface area contributed by atoms with Crippen LogP contribution < -0.4 is 15.8 Å². The van der Waals surface area contributed by atoms with Crippen molar-refractivity contribution in [3.63, 3.8) is 0 Å². The summed E-state index contributed by atoms with van der Waals surface area (Å²) in [6, 6.07) is 19.1. The first kappa shape index (κ1) is 26.5. The lowest BCUT2D eigenvalue weighted by atomic mass is 10.1. The molecule has 2 N–H and O–H groups in total. The number of carbonyl (C=O) groups is 2. The Morgan fingerprint density at radius 3 is 2.63 bits per heavy atom. The Morgan fingerprint density at radius 1 is 1.00 bits per heavy atom. The molecule has 2 amide bonds. The third kappa shape index (κ3) is 5.98. The van der Waals surface area contributed by atoms with Gasteiger partial charge in [0.15, 0.2) is 0 Å². The third-order valence-electron chi connectivity index (χ3n) is 6.55. The highest BCUT2D eigenvalue weighted by atomic mass is 35.5. The van der Waals surface area contributed by atoms with Gasteiger partial charge in [-0.2, -0.15) is 0 Å². The molecule has 1 saturated heterocycles. The number of nitrogens with one attached hydrogen (secondary N) is 2. The van der Waals surface area contributed by atoms with Crippen LogP contribution in [0.1, 0.15) is 32.7 Å². The number of morpholine rings is 1. The van der Waals surface area contributed by atoms with Gasteiger partial charge in [-0.3, -0.25) is 14.5 Å². The lowest BCUT2D eigenvalue weighted by Crippen LogP contribution is -2.43. The Morgan fingerprint density at radius 2 is 1.82 bits per heavy atom. The number of carbonyl (C=O) groups excluding carboxylic acids is 2. The summed E-state index contributed by atoms with van der Waals surface area (Å²) in [6.07, 6.45) is 0.821. The number of rotatable bonds is 8. The van der Waals surface area contributed by atoms with Crippen LogP contribution in [0.4, 0.5) is 5.69 Å². The molecule has 1 unspecified atom stereocenters. The minimum atomic E-state index is -1.60. The smallest absolute Gasteiger partial charge is 0.273 e. The van der Waals surface area contributed by atoms with Gasteiger partial charge in [-0.1, -0.05) is 35.9 Å². The molecular weight excluding hydrogens is 524 g/mol. The van der Waals surface area contributed by atoms with Crippen LogP contribution in [0.2, 0.25) is 5.02 Å². The Labute approximate surface area is 229 Å². The second kappa shape index (κ2) is 12.2. The number of anilines is 1. The number of hydrogen-bond acceptors (Lipinski definition) is 6. The first-order valence-corrected chi connectivity index (χ1v) is 14.1. The number of fused-ring (bicyclic) bond motifs is 2. The number of benzene rings is 3. The van der Waals surface area contributed by atoms with Gasteiger partial charge >= 0.3 is 0 Å². The van der Waals surface area contributed by atoms with Crippen LogP contribution in [0.25, 0.3) is 0 Å². The van der Waals surface area contributed by atoms with Crippen molar-refractivity contribution in [3.8, 4) is 0 Å². The number of nitrogens with zero attached hydrogens (tertiary/aromatic N) is 2. The molecule has 3 aromatic rings. The normalized spacial score (nSPS) is 17.4. The van der Waals surface area contributed by atoms with E-state index >= 15 is 0 Å². The van der Waals surface area contributed by atoms with Crippen molar-refractivity contribution in [2.75, 3.05) is 44.4 Å². The summed E-state index contributed by atoms with van der Waals surface area (Å²) in [4.78, 5) is 29.9. The fourth-order valence-electron chi connectivity index (χ4n) is 4.55. The van der Waals surface area contributed by atoms with Crippen molar-refractivity contribution in [1.82, 2.24) is 15.6 Å². The van der Waals surface area contributed by atoms with E-state index in [0.29, 0.717) is 44.7 Å². The van der Waals surface area contributed by atoms with Crippen molar-refractivity contribution < 1.29 is 18.5 Å². The van der Waals surface area contributed by atoms with Gasteiger partial charge in [0.2, 0.25) is 0 Å². The molecule has 3 aromatic carbocycles. The number of hydrazine groups is 1. The summed E-state index contributed by atoms with van der Waals surface area (Å²) >= 11 is 6.14. The summed E-state index contributed by atoms with van der Waals surface area (Å²) < 4.78 is 18.9. The number of halogens is 1. The lowest BCUT2D eigenvalue weighted by Gasteiger charge is -2.26. The van der Waals surface area contributed by atoms with Crippen molar-refractivity contribution in [3.05, 3.63) is 88.4 Å². The zero-order chi connectivity index (χ0) is 26.5. The second-order valence-electron chi connectivity index (χ2n) is 9.12. The van der Waals surface area contributed by atoms with E-state index in [1.54, 1.807) is 48.5 Å². The molecule has 0 spiro atoms. The average Bonchev–Trinajstić information content (AvgIpc) is 3.03. The highest BCUT2D eigenvalue weighted by Crippen LogP contribution is 2.34. The van der Waals surface area contributed by atoms with E-state index in [2.05, 4.69) is 15.6 Å². The molecule has 8 nitrogen and oxygen atoms in total. The van der Waals surface area contributed by atoms with Crippen LogP contribution >= 0.6 is 11.6 Å². The highest BCUT2D eigenvalue weighted by molar-refractivity contribution is 7.85. The largest absolute Gasteiger partial charge is 0.379 e. The SMILES string of the molecule is O=C(NCCCN1CCOCC1)c1ccc2c(c1)N(NCc1cccc(Cl)c1)C(=O)c1ccccc1S2=O. The van der Waals surface area contributed by atoms with Gasteiger partial charge in [0, 0.05) is 36.8 Å². The van der Waals surface area contributed by atoms with Crippen LogP contribution in [-0.4, -0.2) is 60.3 Å². The molecule has 0 aliphatic carbocycles. The van der Waals surface area contributed by atoms with E-state index < -0.39 is 10.8 Å². The van der Waals surface area contributed by atoms with Crippen LogP contribution in [0, 0.1) is 0 Å². The highest BCUT2D eigenvalue weighted by Gasteiger charge is 2.31. The summed E-state index contributed by atoms with van der Waals surface area (Å²) in [6.45, 7) is 5.02. The Kier molecular flexibility index (Phi) is 8.51. The quantitative estimate of drug-likeness (QED) is 0.415. The first-order valence-electron chi connectivity index (χ1n) is 12.6. The van der Waals surface area contributed by atoms with Gasteiger partial charge in [0.25, 0.3) is 11.8 Å². The van der Waals surface area contributed by atoms with Crippen LogP contribution in [0.5, 0.6) is 0 Å². The van der Waals surface area contributed by atoms with Gasteiger partial charge in [0.05, 0.1) is 45.1 Å². The Bertz CT molecular complexity index is 1360. The molecule has 38 heavy (non-hydrogen) atoms. The minimum absolute atomic E-state index is 0.246. The molecule has 0 aromatic heterocycles. The summed E-state index contributed by atoms with van der Waals surface area (Å²) in [5.74, 6) is -0.595. The fraction of sp³-hybridized carbons (Fsp3) is 0.286. The standard InChI is InChI=1S/C28H29ClN4O4S/c29-22-6-3-5-20(17-22)19-31-33-24-18-21(27(34)30-11-4-12-32-13-15-37-16-14-32)9-10-26(24)38(36)25-8-2-1-7-23(25)28(33)35/h1-3,5-10,17-18,31H,4,11-16,19H2,(H,30,34). The Hall–Kier alpha value is -3.08. The maximum Gasteiger partial charge on any atom is 0.273 e. The zero-order valence-corrected chi connectivity index (χ0v) is 22.4. The van der Waals surface area contributed by atoms with Crippen LogP contribution in [-0.2, 0) is 22.1 Å². The topological polar surface area (TPSA) is 91.0 Å². The zero-order valence-electron chi connectivity index (χ0n) is 20.8. The average molecular weight is 553 g/mol. The molecule has 0 saturated carbocycles. The molecule has 0 radical (unpaired) electrons. The van der Waals surface area contributed by atoms with Gasteiger partial charge in [0.1, 0.15) is 0 Å². The number of hydrogen-bond donors (Lipinski definition) is 2. The minimum Gasteiger partial charge on any atom is -0.379 e. The molecule has 10 heteroatoms. The Balaban J connectivity index is 1.37. The van der Waals surface area contributed by atoms with Crippen molar-refractivity contribution in [1.29, 1.82) is 0 Å². The van der Waals surface area contributed by atoms with Gasteiger partial charge in [-0.15, -0.1) is 0 Å². The number of amides is 2. The molecule has 0 bridgehead atoms. The maximum atomic E-state index is 13.7. The molecule has 198 valence electrons. The van der Waals surface area contributed by atoms with E-state index in [1.807, 2.05) is 18.2 Å². The molecule has 5 rings (SSSR count). The van der Waals surface area contributed by atoms with Gasteiger partial charge in [-0.25, -0.2) is 14.6 Å². The lowest BCUT2D eigenvalue weighted by molar-refractivity contribution is 0.0374. The van der Waals surface area contributed by atoms with E-state index in [4.69, 9.17) is 16.3 Å². The van der Waals surface area contributed by atoms with E-state index in [0.717, 1.165) is 44.8 Å². The third-order valence-corrected chi connectivity index (χ3v) is 8.29. The number of ether oxygens (including phenoxy) is 1. The van der Waals surface area contributed by atoms with Crippen molar-refractivity contribution in [2.45, 2.75) is 22.8 Å². The maximum absolute atomic E-state index is 13.7. The fourth-order valence-corrected chi connectivity index (χ4v) is 6.09. The van der Waals surface area contributed by atoms with E-state index in [9.17, 15) is 13.8 Å². The van der Waals surface area contributed by atoms with Crippen molar-refractivity contribution in [2.24, 2.45) is 0 Å². The summed E-state index contributed by atoms with van der Waals surface area (Å²) in [5, 5.41) is 4.94. The molecule has 1 fully saturated rings. The van der Waals surface area contributed by atoms with E-state index in [-0.39, 0.29) is 11.8 Å². The van der Waals surface area contributed by atoms with Crippen molar-refractivity contribution >= 4 is 39.9 Å². The monoisotopic (exact) mass is 552 g/mol. The van der Waals surface area contributed by atoms with Crippen LogP contribution in [0.15, 0.2) is 76.5 Å². The molecule has 2 aliphatic rings. The summed E-state index contributed by atoms with van der Waals surface area (Å²) in [5.41, 5.74) is 5.16. The van der Waals surface area contributed by atoms with E-state index in [1.165, 1.54) is 5.01 Å². The molecule has 2 heterocycles. The molecule has 1 atom stereocenters. The molecule has 2 aliphatic heterocycles. The van der Waals surface area contributed by atoms with Gasteiger partial charge < -0.3 is 10.1 Å².